The van der Waals surface area contributed by atoms with Crippen molar-refractivity contribution in [3.63, 3.8) is 0 Å². The van der Waals surface area contributed by atoms with Gasteiger partial charge < -0.3 is 0 Å². The van der Waals surface area contributed by atoms with Gasteiger partial charge in [-0.3, -0.25) is 20.4 Å². The number of carbonyl (C=O) groups excluding carboxylic acids is 2. The zero-order chi connectivity index (χ0) is 14.4. The van der Waals surface area contributed by atoms with E-state index in [0.717, 1.165) is 25.7 Å². The van der Waals surface area contributed by atoms with Crippen LogP contribution in [0.2, 0.25) is 0 Å². The summed E-state index contributed by atoms with van der Waals surface area (Å²) in [5.41, 5.74) is 5.59. The normalized spacial score (nSPS) is 15.7. The van der Waals surface area contributed by atoms with Gasteiger partial charge in [0.2, 0.25) is 11.8 Å². The summed E-state index contributed by atoms with van der Waals surface area (Å²) in [7, 11) is 0. The molecule has 1 aliphatic rings. The number of hydrogen-bond acceptors (Lipinski definition) is 2. The molecule has 0 radical (unpaired) electrons. The largest absolute Gasteiger partial charge is 0.273 e. The van der Waals surface area contributed by atoms with Crippen LogP contribution in [0.25, 0.3) is 0 Å². The van der Waals surface area contributed by atoms with Crippen LogP contribution in [0.15, 0.2) is 24.3 Å². The van der Waals surface area contributed by atoms with Crippen molar-refractivity contribution in [3.05, 3.63) is 35.6 Å². The number of hydrazine groups is 1. The summed E-state index contributed by atoms with van der Waals surface area (Å²) in [4.78, 5) is 23.5. The molecule has 0 unspecified atom stereocenters. The van der Waals surface area contributed by atoms with Gasteiger partial charge in [0.1, 0.15) is 5.82 Å². The second-order valence-corrected chi connectivity index (χ2v) is 5.18. The summed E-state index contributed by atoms with van der Waals surface area (Å²) in [5.74, 6) is -0.743. The second kappa shape index (κ2) is 7.03. The van der Waals surface area contributed by atoms with Crippen molar-refractivity contribution in [1.29, 1.82) is 0 Å². The molecule has 0 atom stereocenters. The first-order valence-corrected chi connectivity index (χ1v) is 6.98. The van der Waals surface area contributed by atoms with Crippen LogP contribution in [0.1, 0.15) is 37.7 Å². The molecule has 4 nitrogen and oxygen atoms in total. The van der Waals surface area contributed by atoms with Crippen molar-refractivity contribution in [2.24, 2.45) is 5.92 Å². The summed E-state index contributed by atoms with van der Waals surface area (Å²) >= 11 is 0. The molecule has 2 rings (SSSR count). The maximum atomic E-state index is 12.7. The number of benzene rings is 1. The Balaban J connectivity index is 1.74. The van der Waals surface area contributed by atoms with E-state index < -0.39 is 0 Å². The van der Waals surface area contributed by atoms with Crippen molar-refractivity contribution in [3.8, 4) is 0 Å². The zero-order valence-electron chi connectivity index (χ0n) is 11.3. The summed E-state index contributed by atoms with van der Waals surface area (Å²) in [6.07, 6.45) is 5.22. The smallest absolute Gasteiger partial charge is 0.242 e. The van der Waals surface area contributed by atoms with E-state index in [1.54, 1.807) is 12.1 Å². The van der Waals surface area contributed by atoms with E-state index in [4.69, 9.17) is 0 Å². The number of hydrogen-bond donors (Lipinski definition) is 2. The van der Waals surface area contributed by atoms with E-state index in [9.17, 15) is 14.0 Å². The van der Waals surface area contributed by atoms with Crippen molar-refractivity contribution < 1.29 is 14.0 Å². The number of rotatable bonds is 3. The number of amides is 2. The van der Waals surface area contributed by atoms with Crippen LogP contribution in [0.4, 0.5) is 4.39 Å². The minimum Gasteiger partial charge on any atom is -0.273 e. The average molecular weight is 278 g/mol. The highest BCUT2D eigenvalue weighted by atomic mass is 19.1. The van der Waals surface area contributed by atoms with E-state index in [-0.39, 0.29) is 30.0 Å². The Morgan fingerprint density at radius 1 is 1.05 bits per heavy atom. The lowest BCUT2D eigenvalue weighted by atomic mass is 9.89. The summed E-state index contributed by atoms with van der Waals surface area (Å²) in [6.45, 7) is 0. The Morgan fingerprint density at radius 2 is 1.70 bits per heavy atom. The molecule has 0 spiro atoms. The number of carbonyl (C=O) groups is 2. The molecule has 0 heterocycles. The molecular formula is C15H19FN2O2. The van der Waals surface area contributed by atoms with E-state index in [2.05, 4.69) is 10.9 Å². The minimum absolute atomic E-state index is 0.00914. The van der Waals surface area contributed by atoms with Gasteiger partial charge in [0.15, 0.2) is 0 Å². The van der Waals surface area contributed by atoms with Gasteiger partial charge in [0.25, 0.3) is 0 Å². The Labute approximate surface area is 117 Å². The molecule has 0 aromatic heterocycles. The van der Waals surface area contributed by atoms with Crippen LogP contribution >= 0.6 is 0 Å². The first-order valence-electron chi connectivity index (χ1n) is 6.98. The van der Waals surface area contributed by atoms with Gasteiger partial charge in [-0.1, -0.05) is 31.4 Å². The van der Waals surface area contributed by atoms with E-state index in [0.29, 0.717) is 5.56 Å². The number of halogens is 1. The van der Waals surface area contributed by atoms with Crippen LogP contribution in [0.5, 0.6) is 0 Å². The van der Waals surface area contributed by atoms with Crippen molar-refractivity contribution in [2.45, 2.75) is 38.5 Å². The first kappa shape index (κ1) is 14.5. The third-order valence-electron chi connectivity index (χ3n) is 3.58. The predicted molar refractivity (Wildman–Crippen MR) is 73.0 cm³/mol. The fraction of sp³-hybridized carbons (Fsp3) is 0.467. The van der Waals surface area contributed by atoms with Gasteiger partial charge in [-0.25, -0.2) is 4.39 Å². The molecule has 1 fully saturated rings. The van der Waals surface area contributed by atoms with Crippen LogP contribution in [-0.2, 0) is 16.0 Å². The van der Waals surface area contributed by atoms with Gasteiger partial charge in [-0.15, -0.1) is 0 Å². The monoisotopic (exact) mass is 278 g/mol. The van der Waals surface area contributed by atoms with Crippen molar-refractivity contribution in [1.82, 2.24) is 10.9 Å². The molecule has 1 saturated carbocycles. The van der Waals surface area contributed by atoms with E-state index >= 15 is 0 Å². The standard InChI is InChI=1S/C15H19FN2O2/c16-13-8-6-11(7-9-13)10-14(19)17-18-15(20)12-4-2-1-3-5-12/h6-9,12H,1-5,10H2,(H,17,19)(H,18,20). The van der Waals surface area contributed by atoms with Crippen LogP contribution in [0.3, 0.4) is 0 Å². The lowest BCUT2D eigenvalue weighted by molar-refractivity contribution is -0.131. The van der Waals surface area contributed by atoms with E-state index in [1.165, 1.54) is 18.6 Å². The maximum Gasteiger partial charge on any atom is 0.242 e. The lowest BCUT2D eigenvalue weighted by Gasteiger charge is -2.20. The summed E-state index contributed by atoms with van der Waals surface area (Å²) in [6, 6.07) is 5.72. The highest BCUT2D eigenvalue weighted by Gasteiger charge is 2.21. The predicted octanol–water partition coefficient (Wildman–Crippen LogP) is 2.10. The molecule has 0 aliphatic heterocycles. The van der Waals surface area contributed by atoms with Crippen LogP contribution in [-0.4, -0.2) is 11.8 Å². The molecule has 2 amide bonds. The molecule has 0 bridgehead atoms. The molecule has 108 valence electrons. The van der Waals surface area contributed by atoms with E-state index in [1.807, 2.05) is 0 Å². The molecule has 1 aromatic rings. The highest BCUT2D eigenvalue weighted by Crippen LogP contribution is 2.23. The minimum atomic E-state index is -0.334. The van der Waals surface area contributed by atoms with Gasteiger partial charge in [0.05, 0.1) is 6.42 Å². The van der Waals surface area contributed by atoms with Gasteiger partial charge in [-0.05, 0) is 30.5 Å². The van der Waals surface area contributed by atoms with Crippen LogP contribution in [0, 0.1) is 11.7 Å². The molecule has 0 saturated heterocycles. The molecule has 5 heteroatoms. The molecular weight excluding hydrogens is 259 g/mol. The fourth-order valence-electron chi connectivity index (χ4n) is 2.43. The molecule has 2 N–H and O–H groups in total. The number of nitrogens with one attached hydrogen (secondary N) is 2. The van der Waals surface area contributed by atoms with Crippen LogP contribution < -0.4 is 10.9 Å². The zero-order valence-corrected chi connectivity index (χ0v) is 11.3. The summed E-state index contributed by atoms with van der Waals surface area (Å²) in [5, 5.41) is 0. The van der Waals surface area contributed by atoms with Crippen molar-refractivity contribution in [2.75, 3.05) is 0 Å². The third kappa shape index (κ3) is 4.33. The maximum absolute atomic E-state index is 12.7. The molecule has 1 aliphatic carbocycles. The molecule has 20 heavy (non-hydrogen) atoms. The fourth-order valence-corrected chi connectivity index (χ4v) is 2.43. The second-order valence-electron chi connectivity index (χ2n) is 5.18. The Hall–Kier alpha value is -1.91. The Kier molecular flexibility index (Phi) is 5.09. The third-order valence-corrected chi connectivity index (χ3v) is 3.58. The quantitative estimate of drug-likeness (QED) is 0.832. The summed E-state index contributed by atoms with van der Waals surface area (Å²) < 4.78 is 12.7. The molecule has 1 aromatic carbocycles. The van der Waals surface area contributed by atoms with Gasteiger partial charge >= 0.3 is 0 Å². The van der Waals surface area contributed by atoms with Gasteiger partial charge in [-0.2, -0.15) is 0 Å². The highest BCUT2D eigenvalue weighted by molar-refractivity contribution is 5.84. The topological polar surface area (TPSA) is 58.2 Å². The van der Waals surface area contributed by atoms with Crippen molar-refractivity contribution >= 4 is 11.8 Å². The Bertz CT molecular complexity index is 467. The first-order chi connectivity index (χ1) is 9.65. The Morgan fingerprint density at radius 3 is 2.35 bits per heavy atom. The van der Waals surface area contributed by atoms with Gasteiger partial charge in [0, 0.05) is 5.92 Å². The average Bonchev–Trinajstić information content (AvgIpc) is 2.48. The SMILES string of the molecule is O=C(Cc1ccc(F)cc1)NNC(=O)C1CCCCC1. The lowest BCUT2D eigenvalue weighted by Crippen LogP contribution is -2.45.